The second-order valence-corrected chi connectivity index (χ2v) is 7.06. The van der Waals surface area contributed by atoms with E-state index in [1.54, 1.807) is 19.4 Å². The SMILES string of the molecule is COc1ccc2c(c1)[C@H](N[C@H](C)C[C@H](O)c1ccco1)CCS2. The summed E-state index contributed by atoms with van der Waals surface area (Å²) in [5.41, 5.74) is 1.29. The van der Waals surface area contributed by atoms with Gasteiger partial charge in [0.05, 0.1) is 13.4 Å². The van der Waals surface area contributed by atoms with Gasteiger partial charge >= 0.3 is 0 Å². The zero-order chi connectivity index (χ0) is 16.2. The van der Waals surface area contributed by atoms with Crippen LogP contribution in [-0.4, -0.2) is 24.0 Å². The molecule has 0 spiro atoms. The molecule has 2 N–H and O–H groups in total. The molecule has 3 atom stereocenters. The molecule has 0 radical (unpaired) electrons. The Labute approximate surface area is 141 Å². The zero-order valence-corrected chi connectivity index (χ0v) is 14.3. The number of aliphatic hydroxyl groups is 1. The molecule has 0 aliphatic carbocycles. The van der Waals surface area contributed by atoms with Crippen molar-refractivity contribution in [3.05, 3.63) is 47.9 Å². The van der Waals surface area contributed by atoms with E-state index >= 15 is 0 Å². The van der Waals surface area contributed by atoms with Gasteiger partial charge in [0.15, 0.2) is 0 Å². The number of benzene rings is 1. The minimum Gasteiger partial charge on any atom is -0.497 e. The minimum absolute atomic E-state index is 0.183. The van der Waals surface area contributed by atoms with Crippen molar-refractivity contribution in [1.29, 1.82) is 0 Å². The van der Waals surface area contributed by atoms with Crippen molar-refractivity contribution in [3.63, 3.8) is 0 Å². The van der Waals surface area contributed by atoms with Gasteiger partial charge in [-0.25, -0.2) is 0 Å². The Morgan fingerprint density at radius 2 is 2.30 bits per heavy atom. The van der Waals surface area contributed by atoms with Crippen LogP contribution in [0.15, 0.2) is 45.9 Å². The van der Waals surface area contributed by atoms with E-state index < -0.39 is 6.10 Å². The number of rotatable bonds is 6. The monoisotopic (exact) mass is 333 g/mol. The third kappa shape index (κ3) is 3.91. The lowest BCUT2D eigenvalue weighted by molar-refractivity contribution is 0.126. The number of hydrogen-bond acceptors (Lipinski definition) is 5. The number of thioether (sulfide) groups is 1. The van der Waals surface area contributed by atoms with Gasteiger partial charge in [-0.1, -0.05) is 0 Å². The third-order valence-corrected chi connectivity index (χ3v) is 5.31. The smallest absolute Gasteiger partial charge is 0.132 e. The molecule has 2 heterocycles. The highest BCUT2D eigenvalue weighted by Crippen LogP contribution is 2.38. The molecule has 1 aromatic carbocycles. The summed E-state index contributed by atoms with van der Waals surface area (Å²) in [7, 11) is 1.70. The maximum atomic E-state index is 10.2. The maximum Gasteiger partial charge on any atom is 0.132 e. The van der Waals surface area contributed by atoms with Crippen LogP contribution in [0.4, 0.5) is 0 Å². The van der Waals surface area contributed by atoms with Gasteiger partial charge in [-0.05, 0) is 61.4 Å². The van der Waals surface area contributed by atoms with Gasteiger partial charge in [0.1, 0.15) is 17.6 Å². The average molecular weight is 333 g/mol. The van der Waals surface area contributed by atoms with Crippen LogP contribution in [-0.2, 0) is 0 Å². The molecule has 0 amide bonds. The highest BCUT2D eigenvalue weighted by Gasteiger charge is 2.24. The van der Waals surface area contributed by atoms with Crippen molar-refractivity contribution in [2.75, 3.05) is 12.9 Å². The molecule has 124 valence electrons. The van der Waals surface area contributed by atoms with Crippen LogP contribution >= 0.6 is 11.8 Å². The first-order valence-corrected chi connectivity index (χ1v) is 8.94. The van der Waals surface area contributed by atoms with Gasteiger partial charge in [-0.15, -0.1) is 11.8 Å². The molecule has 4 nitrogen and oxygen atoms in total. The first kappa shape index (κ1) is 16.4. The third-order valence-electron chi connectivity index (χ3n) is 4.19. The van der Waals surface area contributed by atoms with E-state index in [4.69, 9.17) is 9.15 Å². The zero-order valence-electron chi connectivity index (χ0n) is 13.5. The van der Waals surface area contributed by atoms with Crippen LogP contribution in [0, 0.1) is 0 Å². The first-order chi connectivity index (χ1) is 11.2. The van der Waals surface area contributed by atoms with Gasteiger partial charge in [0.2, 0.25) is 0 Å². The lowest BCUT2D eigenvalue weighted by Crippen LogP contribution is -2.33. The number of nitrogens with one attached hydrogen (secondary N) is 1. The molecule has 3 rings (SSSR count). The van der Waals surface area contributed by atoms with Crippen molar-refractivity contribution in [2.24, 2.45) is 0 Å². The molecule has 0 fully saturated rings. The lowest BCUT2D eigenvalue weighted by atomic mass is 10.0. The summed E-state index contributed by atoms with van der Waals surface area (Å²) in [6, 6.07) is 10.4. The van der Waals surface area contributed by atoms with E-state index in [0.29, 0.717) is 18.2 Å². The molecule has 0 saturated carbocycles. The molecule has 5 heteroatoms. The fraction of sp³-hybridized carbons (Fsp3) is 0.444. The summed E-state index contributed by atoms with van der Waals surface area (Å²) in [6.07, 6.45) is 2.72. The Balaban J connectivity index is 1.66. The second kappa shape index (κ2) is 7.43. The minimum atomic E-state index is -0.574. The molecule has 0 bridgehead atoms. The van der Waals surface area contributed by atoms with Crippen molar-refractivity contribution < 1.29 is 14.3 Å². The molecule has 1 aromatic heterocycles. The number of furan rings is 1. The maximum absolute atomic E-state index is 10.2. The molecule has 23 heavy (non-hydrogen) atoms. The summed E-state index contributed by atoms with van der Waals surface area (Å²) in [6.45, 7) is 2.10. The Kier molecular flexibility index (Phi) is 5.30. The molecule has 0 unspecified atom stereocenters. The van der Waals surface area contributed by atoms with Crippen molar-refractivity contribution in [2.45, 2.75) is 42.8 Å². The second-order valence-electron chi connectivity index (χ2n) is 5.93. The van der Waals surface area contributed by atoms with Crippen LogP contribution in [0.1, 0.15) is 43.2 Å². The van der Waals surface area contributed by atoms with Gasteiger partial charge in [0, 0.05) is 17.0 Å². The fourth-order valence-corrected chi connectivity index (χ4v) is 4.12. The van der Waals surface area contributed by atoms with Gasteiger partial charge < -0.3 is 19.6 Å². The number of fused-ring (bicyclic) bond motifs is 1. The number of ether oxygens (including phenoxy) is 1. The van der Waals surface area contributed by atoms with E-state index in [1.807, 2.05) is 23.9 Å². The normalized spacial score (nSPS) is 19.9. The number of aliphatic hydroxyl groups excluding tert-OH is 1. The first-order valence-electron chi connectivity index (χ1n) is 7.95. The Morgan fingerprint density at radius 1 is 1.43 bits per heavy atom. The molecule has 1 aliphatic rings. The molecular weight excluding hydrogens is 310 g/mol. The van der Waals surface area contributed by atoms with Crippen LogP contribution in [0.3, 0.4) is 0 Å². The highest BCUT2D eigenvalue weighted by atomic mass is 32.2. The number of methoxy groups -OCH3 is 1. The van der Waals surface area contributed by atoms with Gasteiger partial charge in [-0.2, -0.15) is 0 Å². The van der Waals surface area contributed by atoms with Crippen molar-refractivity contribution >= 4 is 11.8 Å². The molecule has 1 aliphatic heterocycles. The predicted molar refractivity (Wildman–Crippen MR) is 92.0 cm³/mol. The molecular formula is C18H23NO3S. The highest BCUT2D eigenvalue weighted by molar-refractivity contribution is 7.99. The molecule has 2 aromatic rings. The predicted octanol–water partition coefficient (Wildman–Crippen LogP) is 3.93. The summed E-state index contributed by atoms with van der Waals surface area (Å²) in [5.74, 6) is 2.62. The van der Waals surface area contributed by atoms with Gasteiger partial charge in [-0.3, -0.25) is 0 Å². The Hall–Kier alpha value is -1.43. The van der Waals surface area contributed by atoms with Crippen molar-refractivity contribution in [1.82, 2.24) is 5.32 Å². The number of hydrogen-bond donors (Lipinski definition) is 2. The topological polar surface area (TPSA) is 54.6 Å². The van der Waals surface area contributed by atoms with E-state index in [0.717, 1.165) is 17.9 Å². The standard InChI is InChI=1S/C18H23NO3S/c1-12(10-16(20)17-4-3-8-22-17)19-15-7-9-23-18-6-5-13(21-2)11-14(15)18/h3-6,8,11-12,15-16,19-20H,7,9-10H2,1-2H3/t12-,15-,16+/m1/s1. The molecule has 0 saturated heterocycles. The fourth-order valence-electron chi connectivity index (χ4n) is 3.02. The van der Waals surface area contributed by atoms with E-state index in [2.05, 4.69) is 24.4 Å². The summed E-state index contributed by atoms with van der Waals surface area (Å²) in [5, 5.41) is 13.9. The van der Waals surface area contributed by atoms with Gasteiger partial charge in [0.25, 0.3) is 0 Å². The average Bonchev–Trinajstić information content (AvgIpc) is 3.09. The van der Waals surface area contributed by atoms with Crippen LogP contribution in [0.2, 0.25) is 0 Å². The largest absolute Gasteiger partial charge is 0.497 e. The van der Waals surface area contributed by atoms with Crippen LogP contribution in [0.25, 0.3) is 0 Å². The summed E-state index contributed by atoms with van der Waals surface area (Å²) >= 11 is 1.89. The Morgan fingerprint density at radius 3 is 3.04 bits per heavy atom. The lowest BCUT2D eigenvalue weighted by Gasteiger charge is -2.29. The van der Waals surface area contributed by atoms with Crippen LogP contribution < -0.4 is 10.1 Å². The summed E-state index contributed by atoms with van der Waals surface area (Å²) in [4.78, 5) is 1.31. The van der Waals surface area contributed by atoms with E-state index in [-0.39, 0.29) is 6.04 Å². The van der Waals surface area contributed by atoms with Crippen molar-refractivity contribution in [3.8, 4) is 5.75 Å². The quantitative estimate of drug-likeness (QED) is 0.839. The van der Waals surface area contributed by atoms with Crippen LogP contribution in [0.5, 0.6) is 5.75 Å². The van der Waals surface area contributed by atoms with E-state index in [9.17, 15) is 5.11 Å². The Bertz CT molecular complexity index is 629. The van der Waals surface area contributed by atoms with E-state index in [1.165, 1.54) is 10.5 Å². The summed E-state index contributed by atoms with van der Waals surface area (Å²) < 4.78 is 10.6.